The summed E-state index contributed by atoms with van der Waals surface area (Å²) in [4.78, 5) is 12.5. The smallest absolute Gasteiger partial charge is 0.434 e. The van der Waals surface area contributed by atoms with Gasteiger partial charge in [0, 0.05) is 4.90 Å². The molecule has 0 aliphatic rings. The van der Waals surface area contributed by atoms with Crippen molar-refractivity contribution in [2.75, 3.05) is 12.4 Å². The highest BCUT2D eigenvalue weighted by Crippen LogP contribution is 2.25. The number of carbonyl (C=O) groups is 1. The highest BCUT2D eigenvalue weighted by molar-refractivity contribution is 7.99. The van der Waals surface area contributed by atoms with Crippen molar-refractivity contribution in [3.05, 3.63) is 48.5 Å². The fourth-order valence-electron chi connectivity index (χ4n) is 1.87. The largest absolute Gasteiger partial charge is 0.513 e. The van der Waals surface area contributed by atoms with E-state index in [1.807, 2.05) is 23.9 Å². The van der Waals surface area contributed by atoms with Crippen molar-refractivity contribution < 1.29 is 14.3 Å². The summed E-state index contributed by atoms with van der Waals surface area (Å²) in [5.74, 6) is 1.55. The summed E-state index contributed by atoms with van der Waals surface area (Å²) in [6, 6.07) is 15.8. The molecular weight excluding hydrogens is 284 g/mol. The van der Waals surface area contributed by atoms with Crippen LogP contribution in [0.5, 0.6) is 5.75 Å². The van der Waals surface area contributed by atoms with E-state index < -0.39 is 6.16 Å². The van der Waals surface area contributed by atoms with Crippen molar-refractivity contribution in [3.63, 3.8) is 0 Å². The molecule has 0 atom stereocenters. The van der Waals surface area contributed by atoms with Crippen LogP contribution in [0.2, 0.25) is 0 Å². The quantitative estimate of drug-likeness (QED) is 0.442. The van der Waals surface area contributed by atoms with E-state index >= 15 is 0 Å². The average molecular weight is 302 g/mol. The number of carbonyl (C=O) groups excluding carboxylic acids is 1. The number of rotatable bonds is 5. The van der Waals surface area contributed by atoms with E-state index in [1.165, 1.54) is 4.90 Å². The van der Waals surface area contributed by atoms with Crippen LogP contribution in [-0.4, -0.2) is 18.5 Å². The summed E-state index contributed by atoms with van der Waals surface area (Å²) in [6.07, 6.45) is -0.675. The van der Waals surface area contributed by atoms with Gasteiger partial charge >= 0.3 is 6.16 Å². The summed E-state index contributed by atoms with van der Waals surface area (Å²) in [6.45, 7) is 4.19. The van der Waals surface area contributed by atoms with Crippen LogP contribution in [-0.2, 0) is 4.74 Å². The van der Waals surface area contributed by atoms with Gasteiger partial charge in [-0.05, 0) is 48.1 Å². The number of hydrogen-bond acceptors (Lipinski definition) is 4. The van der Waals surface area contributed by atoms with Gasteiger partial charge in [-0.1, -0.05) is 31.2 Å². The van der Waals surface area contributed by atoms with E-state index in [9.17, 15) is 4.79 Å². The highest BCUT2D eigenvalue weighted by Gasteiger charge is 2.05. The molecule has 110 valence electrons. The van der Waals surface area contributed by atoms with Crippen LogP contribution in [0.4, 0.5) is 4.79 Å². The number of hydrogen-bond donors (Lipinski definition) is 0. The maximum Gasteiger partial charge on any atom is 0.513 e. The highest BCUT2D eigenvalue weighted by atomic mass is 32.2. The van der Waals surface area contributed by atoms with Gasteiger partial charge in [0.1, 0.15) is 5.75 Å². The molecule has 0 bridgehead atoms. The summed E-state index contributed by atoms with van der Waals surface area (Å²) in [7, 11) is 0. The Morgan fingerprint density at radius 3 is 2.05 bits per heavy atom. The zero-order valence-corrected chi connectivity index (χ0v) is 13.0. The van der Waals surface area contributed by atoms with Gasteiger partial charge in [-0.25, -0.2) is 4.79 Å². The molecule has 2 rings (SSSR count). The molecule has 0 saturated carbocycles. The topological polar surface area (TPSA) is 35.5 Å². The lowest BCUT2D eigenvalue weighted by Gasteiger charge is -2.06. The molecule has 3 nitrogen and oxygen atoms in total. The van der Waals surface area contributed by atoms with Crippen LogP contribution < -0.4 is 4.74 Å². The molecule has 4 heteroatoms. The fraction of sp³-hybridized carbons (Fsp3) is 0.235. The molecule has 0 saturated heterocycles. The van der Waals surface area contributed by atoms with E-state index in [-0.39, 0.29) is 0 Å². The second kappa shape index (κ2) is 7.74. The Balaban J connectivity index is 2.06. The first-order chi connectivity index (χ1) is 10.2. The van der Waals surface area contributed by atoms with E-state index in [2.05, 4.69) is 31.2 Å². The maximum absolute atomic E-state index is 11.2. The lowest BCUT2D eigenvalue weighted by molar-refractivity contribution is 0.104. The minimum Gasteiger partial charge on any atom is -0.434 e. The minimum absolute atomic E-state index is 0.305. The van der Waals surface area contributed by atoms with Crippen LogP contribution in [0.1, 0.15) is 13.8 Å². The van der Waals surface area contributed by atoms with E-state index in [1.54, 1.807) is 19.1 Å². The van der Waals surface area contributed by atoms with Gasteiger partial charge < -0.3 is 9.47 Å². The van der Waals surface area contributed by atoms with E-state index in [4.69, 9.17) is 9.47 Å². The summed E-state index contributed by atoms with van der Waals surface area (Å²) in [5, 5.41) is 0. The molecule has 0 radical (unpaired) electrons. The van der Waals surface area contributed by atoms with Crippen molar-refractivity contribution in [1.29, 1.82) is 0 Å². The Kier molecular flexibility index (Phi) is 5.69. The second-order valence-electron chi connectivity index (χ2n) is 4.27. The molecule has 0 amide bonds. The third kappa shape index (κ3) is 4.53. The van der Waals surface area contributed by atoms with Crippen molar-refractivity contribution in [1.82, 2.24) is 0 Å². The van der Waals surface area contributed by atoms with Crippen LogP contribution >= 0.6 is 11.8 Å². The average Bonchev–Trinajstić information content (AvgIpc) is 2.49. The molecule has 0 unspecified atom stereocenters. The molecule has 21 heavy (non-hydrogen) atoms. The second-order valence-corrected chi connectivity index (χ2v) is 5.60. The molecule has 0 aliphatic heterocycles. The lowest BCUT2D eigenvalue weighted by atomic mass is 10.1. The van der Waals surface area contributed by atoms with Gasteiger partial charge in [0.2, 0.25) is 0 Å². The van der Waals surface area contributed by atoms with Gasteiger partial charge in [0.25, 0.3) is 0 Å². The van der Waals surface area contributed by atoms with Gasteiger partial charge in [0.15, 0.2) is 0 Å². The lowest BCUT2D eigenvalue weighted by Crippen LogP contribution is -2.09. The monoisotopic (exact) mass is 302 g/mol. The van der Waals surface area contributed by atoms with Crippen LogP contribution in [0.15, 0.2) is 53.4 Å². The van der Waals surface area contributed by atoms with Crippen LogP contribution in [0.25, 0.3) is 11.1 Å². The SMILES string of the molecule is CCOC(=O)Oc1ccc(-c2ccc(SCC)cc2)cc1. The van der Waals surface area contributed by atoms with Gasteiger partial charge in [-0.2, -0.15) is 0 Å². The summed E-state index contributed by atoms with van der Waals surface area (Å²) >= 11 is 1.82. The van der Waals surface area contributed by atoms with Gasteiger partial charge in [0.05, 0.1) is 6.61 Å². The van der Waals surface area contributed by atoms with Crippen molar-refractivity contribution in [3.8, 4) is 16.9 Å². The zero-order chi connectivity index (χ0) is 15.1. The molecular formula is C17H18O3S. The zero-order valence-electron chi connectivity index (χ0n) is 12.2. The standard InChI is InChI=1S/C17H18O3S/c1-3-19-17(18)20-15-9-5-13(6-10-15)14-7-11-16(12-8-14)21-4-2/h5-12H,3-4H2,1-2H3. The third-order valence-electron chi connectivity index (χ3n) is 2.82. The first-order valence-electron chi connectivity index (χ1n) is 6.90. The van der Waals surface area contributed by atoms with Crippen molar-refractivity contribution in [2.45, 2.75) is 18.7 Å². The third-order valence-corrected chi connectivity index (χ3v) is 3.71. The Hall–Kier alpha value is -1.94. The molecule has 0 aromatic heterocycles. The number of benzene rings is 2. The van der Waals surface area contributed by atoms with Crippen molar-refractivity contribution >= 4 is 17.9 Å². The Bertz CT molecular complexity index is 576. The Morgan fingerprint density at radius 1 is 0.952 bits per heavy atom. The molecule has 0 aliphatic carbocycles. The predicted octanol–water partition coefficient (Wildman–Crippen LogP) is 5.00. The molecule has 0 heterocycles. The van der Waals surface area contributed by atoms with E-state index in [0.717, 1.165) is 16.9 Å². The first kappa shape index (κ1) is 15.4. The predicted molar refractivity (Wildman–Crippen MR) is 85.9 cm³/mol. The van der Waals surface area contributed by atoms with Gasteiger partial charge in [-0.3, -0.25) is 0 Å². The summed E-state index contributed by atoms with van der Waals surface area (Å²) < 4.78 is 9.77. The fourth-order valence-corrected chi connectivity index (χ4v) is 2.53. The first-order valence-corrected chi connectivity index (χ1v) is 7.89. The Labute approximate surface area is 129 Å². The Morgan fingerprint density at radius 2 is 1.52 bits per heavy atom. The summed E-state index contributed by atoms with van der Waals surface area (Å²) in [5.41, 5.74) is 2.22. The van der Waals surface area contributed by atoms with Gasteiger partial charge in [-0.15, -0.1) is 11.8 Å². The molecule has 2 aromatic carbocycles. The van der Waals surface area contributed by atoms with E-state index in [0.29, 0.717) is 12.4 Å². The van der Waals surface area contributed by atoms with Crippen molar-refractivity contribution in [2.24, 2.45) is 0 Å². The molecule has 0 N–H and O–H groups in total. The van der Waals surface area contributed by atoms with Crippen LogP contribution in [0, 0.1) is 0 Å². The maximum atomic E-state index is 11.2. The number of ether oxygens (including phenoxy) is 2. The normalized spacial score (nSPS) is 10.2. The number of thioether (sulfide) groups is 1. The molecule has 0 spiro atoms. The molecule has 0 fully saturated rings. The molecule has 2 aromatic rings. The van der Waals surface area contributed by atoms with Crippen LogP contribution in [0.3, 0.4) is 0 Å². The minimum atomic E-state index is -0.675.